The highest BCUT2D eigenvalue weighted by Crippen LogP contribution is 2.16. The molecule has 2 heteroatoms. The van der Waals surface area contributed by atoms with E-state index in [1.165, 1.54) is 12.8 Å². The normalized spacial score (nSPS) is 21.4. The molecular formula is C12H16FN. The van der Waals surface area contributed by atoms with Crippen molar-refractivity contribution >= 4 is 0 Å². The van der Waals surface area contributed by atoms with E-state index in [2.05, 4.69) is 5.32 Å². The lowest BCUT2D eigenvalue weighted by molar-refractivity contribution is 0.479. The number of benzene rings is 1. The van der Waals surface area contributed by atoms with Crippen LogP contribution in [-0.4, -0.2) is 12.6 Å². The summed E-state index contributed by atoms with van der Waals surface area (Å²) in [5, 5.41) is 3.43. The van der Waals surface area contributed by atoms with E-state index in [-0.39, 0.29) is 6.67 Å². The third-order valence-corrected chi connectivity index (χ3v) is 2.89. The van der Waals surface area contributed by atoms with Crippen LogP contribution in [0.1, 0.15) is 24.0 Å². The molecule has 0 radical (unpaired) electrons. The molecule has 1 N–H and O–H groups in total. The van der Waals surface area contributed by atoms with E-state index in [1.807, 2.05) is 24.3 Å². The molecule has 0 saturated carbocycles. The van der Waals surface area contributed by atoms with Gasteiger partial charge in [0.05, 0.1) is 0 Å². The van der Waals surface area contributed by atoms with Gasteiger partial charge in [-0.15, -0.1) is 0 Å². The maximum Gasteiger partial charge on any atom is 0.115 e. The molecule has 0 aliphatic carbocycles. The second kappa shape index (κ2) is 4.56. The fourth-order valence-electron chi connectivity index (χ4n) is 2.08. The Bertz CT molecular complexity index is 292. The summed E-state index contributed by atoms with van der Waals surface area (Å²) >= 11 is 0. The Morgan fingerprint density at radius 1 is 1.29 bits per heavy atom. The summed E-state index contributed by atoms with van der Waals surface area (Å²) in [5.41, 5.74) is 2.01. The molecule has 0 bridgehead atoms. The predicted molar refractivity (Wildman–Crippen MR) is 56.0 cm³/mol. The minimum atomic E-state index is -0.344. The lowest BCUT2D eigenvalue weighted by Gasteiger charge is -2.12. The monoisotopic (exact) mass is 193 g/mol. The van der Waals surface area contributed by atoms with Crippen LogP contribution in [0.4, 0.5) is 4.39 Å². The fourth-order valence-corrected chi connectivity index (χ4v) is 2.08. The Balaban J connectivity index is 2.07. The van der Waals surface area contributed by atoms with Crippen molar-refractivity contribution in [1.82, 2.24) is 5.32 Å². The quantitative estimate of drug-likeness (QED) is 0.777. The van der Waals surface area contributed by atoms with Crippen LogP contribution in [0.25, 0.3) is 0 Å². The van der Waals surface area contributed by atoms with Gasteiger partial charge in [-0.3, -0.25) is 0 Å². The van der Waals surface area contributed by atoms with Gasteiger partial charge in [-0.2, -0.15) is 0 Å². The molecule has 1 aromatic rings. The molecule has 1 saturated heterocycles. The van der Waals surface area contributed by atoms with E-state index in [0.29, 0.717) is 6.04 Å². The molecule has 1 unspecified atom stereocenters. The largest absolute Gasteiger partial charge is 0.314 e. The van der Waals surface area contributed by atoms with E-state index in [4.69, 9.17) is 0 Å². The van der Waals surface area contributed by atoms with E-state index >= 15 is 0 Å². The average molecular weight is 193 g/mol. The average Bonchev–Trinajstić information content (AvgIpc) is 2.71. The molecule has 1 nitrogen and oxygen atoms in total. The molecule has 1 aliphatic rings. The summed E-state index contributed by atoms with van der Waals surface area (Å²) in [7, 11) is 0. The number of nitrogens with one attached hydrogen (secondary N) is 1. The van der Waals surface area contributed by atoms with E-state index < -0.39 is 0 Å². The van der Waals surface area contributed by atoms with Crippen LogP contribution in [0.15, 0.2) is 24.3 Å². The van der Waals surface area contributed by atoms with Crippen LogP contribution < -0.4 is 5.32 Å². The van der Waals surface area contributed by atoms with Crippen LogP contribution in [0.3, 0.4) is 0 Å². The summed E-state index contributed by atoms with van der Waals surface area (Å²) in [4.78, 5) is 0. The summed E-state index contributed by atoms with van der Waals surface area (Å²) in [5.74, 6) is 0. The van der Waals surface area contributed by atoms with E-state index in [1.54, 1.807) is 0 Å². The van der Waals surface area contributed by atoms with Gasteiger partial charge in [0.15, 0.2) is 0 Å². The van der Waals surface area contributed by atoms with Gasteiger partial charge in [-0.05, 0) is 36.9 Å². The highest BCUT2D eigenvalue weighted by molar-refractivity contribution is 5.27. The molecule has 1 aliphatic heterocycles. The van der Waals surface area contributed by atoms with Gasteiger partial charge in [-0.25, -0.2) is 4.39 Å². The van der Waals surface area contributed by atoms with Crippen LogP contribution >= 0.6 is 0 Å². The topological polar surface area (TPSA) is 12.0 Å². The molecule has 1 fully saturated rings. The number of hydrogen-bond acceptors (Lipinski definition) is 1. The minimum absolute atomic E-state index is 0.344. The number of rotatable bonds is 3. The van der Waals surface area contributed by atoms with Gasteiger partial charge in [0.25, 0.3) is 0 Å². The second-order valence-electron chi connectivity index (χ2n) is 3.90. The Morgan fingerprint density at radius 3 is 2.71 bits per heavy atom. The zero-order chi connectivity index (χ0) is 9.80. The fraction of sp³-hybridized carbons (Fsp3) is 0.500. The first-order valence-corrected chi connectivity index (χ1v) is 5.26. The maximum absolute atomic E-state index is 12.6. The van der Waals surface area contributed by atoms with E-state index in [9.17, 15) is 4.39 Å². The molecule has 1 atom stereocenters. The Hall–Kier alpha value is -0.890. The van der Waals surface area contributed by atoms with Crippen molar-refractivity contribution in [3.8, 4) is 0 Å². The van der Waals surface area contributed by atoms with Gasteiger partial charge >= 0.3 is 0 Å². The third kappa shape index (κ3) is 2.13. The van der Waals surface area contributed by atoms with Crippen molar-refractivity contribution in [3.05, 3.63) is 35.4 Å². The van der Waals surface area contributed by atoms with Gasteiger partial charge in [0.1, 0.15) is 6.67 Å². The molecule has 2 rings (SSSR count). The van der Waals surface area contributed by atoms with Crippen molar-refractivity contribution in [1.29, 1.82) is 0 Å². The zero-order valence-electron chi connectivity index (χ0n) is 8.30. The number of alkyl halides is 1. The van der Waals surface area contributed by atoms with E-state index in [0.717, 1.165) is 24.1 Å². The van der Waals surface area contributed by atoms with Crippen molar-refractivity contribution in [2.24, 2.45) is 0 Å². The summed E-state index contributed by atoms with van der Waals surface area (Å²) in [6.07, 6.45) is 3.45. The number of halogens is 1. The Labute approximate surface area is 84.3 Å². The number of hydrogen-bond donors (Lipinski definition) is 1. The smallest absolute Gasteiger partial charge is 0.115 e. The second-order valence-corrected chi connectivity index (χ2v) is 3.90. The van der Waals surface area contributed by atoms with Gasteiger partial charge < -0.3 is 5.32 Å². The van der Waals surface area contributed by atoms with Crippen molar-refractivity contribution in [2.45, 2.75) is 32.0 Å². The van der Waals surface area contributed by atoms with Gasteiger partial charge in [0, 0.05) is 6.04 Å². The molecule has 0 amide bonds. The molecule has 0 aromatic heterocycles. The van der Waals surface area contributed by atoms with Crippen molar-refractivity contribution in [2.75, 3.05) is 6.54 Å². The van der Waals surface area contributed by atoms with Crippen LogP contribution in [0.2, 0.25) is 0 Å². The summed E-state index contributed by atoms with van der Waals surface area (Å²) in [6.45, 7) is 0.769. The van der Waals surface area contributed by atoms with Crippen LogP contribution in [0.5, 0.6) is 0 Å². The highest BCUT2D eigenvalue weighted by atomic mass is 19.1. The lowest BCUT2D eigenvalue weighted by atomic mass is 10.00. The molecule has 0 spiro atoms. The van der Waals surface area contributed by atoms with Gasteiger partial charge in [0.2, 0.25) is 0 Å². The first kappa shape index (κ1) is 9.66. The maximum atomic E-state index is 12.6. The predicted octanol–water partition coefficient (Wildman–Crippen LogP) is 2.45. The molecule has 1 heterocycles. The van der Waals surface area contributed by atoms with Crippen LogP contribution in [0, 0.1) is 0 Å². The standard InChI is InChI=1S/C12H16FN/c13-9-11-5-2-1-4-10(11)8-12-6-3-7-14-12/h1-2,4-5,12,14H,3,6-9H2. The zero-order valence-corrected chi connectivity index (χ0v) is 8.30. The molecule has 1 aromatic carbocycles. The first-order chi connectivity index (χ1) is 6.90. The Morgan fingerprint density at radius 2 is 2.07 bits per heavy atom. The minimum Gasteiger partial charge on any atom is -0.314 e. The Kier molecular flexibility index (Phi) is 3.14. The SMILES string of the molecule is FCc1ccccc1CC1CCCN1. The van der Waals surface area contributed by atoms with Crippen molar-refractivity contribution in [3.63, 3.8) is 0 Å². The molecular weight excluding hydrogens is 177 g/mol. The molecule has 76 valence electrons. The summed E-state index contributed by atoms with van der Waals surface area (Å²) < 4.78 is 12.6. The molecule has 14 heavy (non-hydrogen) atoms. The van der Waals surface area contributed by atoms with Crippen molar-refractivity contribution < 1.29 is 4.39 Å². The highest BCUT2D eigenvalue weighted by Gasteiger charge is 2.15. The summed E-state index contributed by atoms with van der Waals surface area (Å²) in [6, 6.07) is 8.37. The lowest BCUT2D eigenvalue weighted by Crippen LogP contribution is -2.24. The van der Waals surface area contributed by atoms with Gasteiger partial charge in [-0.1, -0.05) is 24.3 Å². The van der Waals surface area contributed by atoms with Crippen LogP contribution in [-0.2, 0) is 13.1 Å². The first-order valence-electron chi connectivity index (χ1n) is 5.26. The third-order valence-electron chi connectivity index (χ3n) is 2.89.